The number of aromatic nitrogens is 2. The minimum absolute atomic E-state index is 0.136. The van der Waals surface area contributed by atoms with Gasteiger partial charge in [-0.2, -0.15) is 0 Å². The molecule has 0 saturated heterocycles. The van der Waals surface area contributed by atoms with Gasteiger partial charge in [0, 0.05) is 5.56 Å². The van der Waals surface area contributed by atoms with Gasteiger partial charge in [0.1, 0.15) is 0 Å². The highest BCUT2D eigenvalue weighted by Crippen LogP contribution is 2.42. The number of benzene rings is 2. The molecule has 4 rings (SSSR count). The first-order valence-corrected chi connectivity index (χ1v) is 7.15. The third-order valence-corrected chi connectivity index (χ3v) is 4.18. The van der Waals surface area contributed by atoms with E-state index in [2.05, 4.69) is 45.9 Å². The summed E-state index contributed by atoms with van der Waals surface area (Å²) in [6, 6.07) is 16.7. The third-order valence-electron chi connectivity index (χ3n) is 4.18. The van der Waals surface area contributed by atoms with Crippen LogP contribution < -0.4 is 0 Å². The third kappa shape index (κ3) is 1.82. The summed E-state index contributed by atoms with van der Waals surface area (Å²) in [5.74, 6) is 0. The lowest BCUT2D eigenvalue weighted by molar-refractivity contribution is 0.199. The zero-order valence-corrected chi connectivity index (χ0v) is 11.8. The van der Waals surface area contributed by atoms with Crippen LogP contribution >= 0.6 is 0 Å². The minimum Gasteiger partial charge on any atom is -0.389 e. The van der Waals surface area contributed by atoms with Crippen LogP contribution in [0.3, 0.4) is 0 Å². The number of fused-ring (bicyclic) bond motifs is 3. The summed E-state index contributed by atoms with van der Waals surface area (Å²) in [5.41, 5.74) is 5.80. The van der Waals surface area contributed by atoms with E-state index in [1.165, 1.54) is 16.7 Å². The molecule has 2 heterocycles. The number of nitrogens with zero attached hydrogens (tertiary/aromatic N) is 2. The van der Waals surface area contributed by atoms with E-state index in [0.717, 1.165) is 11.3 Å². The number of hydrogen-bond donors (Lipinski definition) is 1. The highest BCUT2D eigenvalue weighted by molar-refractivity contribution is 5.70. The summed E-state index contributed by atoms with van der Waals surface area (Å²) in [6.07, 6.45) is 3.34. The zero-order chi connectivity index (χ0) is 14.4. The largest absolute Gasteiger partial charge is 0.389 e. The Bertz CT molecular complexity index is 804. The van der Waals surface area contributed by atoms with Gasteiger partial charge in [-0.3, -0.25) is 0 Å². The summed E-state index contributed by atoms with van der Waals surface area (Å²) < 4.78 is 2.20. The van der Waals surface area contributed by atoms with Gasteiger partial charge in [0.2, 0.25) is 0 Å². The maximum Gasteiger partial charge on any atom is 0.0959 e. The fourth-order valence-corrected chi connectivity index (χ4v) is 3.17. The van der Waals surface area contributed by atoms with Crippen LogP contribution in [0, 0.1) is 0 Å². The molecule has 0 saturated carbocycles. The van der Waals surface area contributed by atoms with E-state index in [9.17, 15) is 5.11 Å². The predicted molar refractivity (Wildman–Crippen MR) is 82.0 cm³/mol. The molecular weight excluding hydrogens is 260 g/mol. The van der Waals surface area contributed by atoms with Crippen molar-refractivity contribution in [3.63, 3.8) is 0 Å². The van der Waals surface area contributed by atoms with Crippen LogP contribution in [0.5, 0.6) is 0 Å². The van der Waals surface area contributed by atoms with Gasteiger partial charge in [-0.15, -0.1) is 0 Å². The van der Waals surface area contributed by atoms with Gasteiger partial charge in [0.15, 0.2) is 0 Å². The number of imidazole rings is 1. The Morgan fingerprint density at radius 3 is 2.86 bits per heavy atom. The van der Waals surface area contributed by atoms with Crippen molar-refractivity contribution in [1.82, 2.24) is 9.55 Å². The molecule has 1 aromatic heterocycles. The van der Waals surface area contributed by atoms with E-state index in [4.69, 9.17) is 0 Å². The van der Waals surface area contributed by atoms with Gasteiger partial charge < -0.3 is 9.67 Å². The molecule has 3 aromatic rings. The molecule has 0 radical (unpaired) electrons. The monoisotopic (exact) mass is 276 g/mol. The van der Waals surface area contributed by atoms with Gasteiger partial charge in [-0.1, -0.05) is 48.5 Å². The number of aliphatic hydroxyl groups excluding tert-OH is 1. The molecule has 0 amide bonds. The highest BCUT2D eigenvalue weighted by atomic mass is 16.3. The summed E-state index contributed by atoms with van der Waals surface area (Å²) in [5, 5.41) is 9.82. The molecule has 0 bridgehead atoms. The highest BCUT2D eigenvalue weighted by Gasteiger charge is 2.29. The normalized spacial score (nSPS) is 17.3. The molecule has 1 aliphatic heterocycles. The van der Waals surface area contributed by atoms with Crippen LogP contribution in [-0.4, -0.2) is 14.7 Å². The van der Waals surface area contributed by atoms with Crippen molar-refractivity contribution in [2.75, 3.05) is 0 Å². The molecule has 21 heavy (non-hydrogen) atoms. The van der Waals surface area contributed by atoms with E-state index in [1.54, 1.807) is 6.92 Å². The minimum atomic E-state index is -0.455. The number of aliphatic hydroxyl groups is 1. The van der Waals surface area contributed by atoms with Crippen molar-refractivity contribution < 1.29 is 5.11 Å². The average molecular weight is 276 g/mol. The SMILES string of the molecule is CC(O)c1cccc([C@H]2c3ccccc3-c3cncn32)c1. The molecule has 0 fully saturated rings. The molecule has 1 aliphatic rings. The Kier molecular flexibility index (Phi) is 2.69. The Morgan fingerprint density at radius 1 is 1.14 bits per heavy atom. The van der Waals surface area contributed by atoms with Gasteiger partial charge >= 0.3 is 0 Å². The number of hydrogen-bond acceptors (Lipinski definition) is 2. The predicted octanol–water partition coefficient (Wildman–Crippen LogP) is 3.55. The second-order valence-corrected chi connectivity index (χ2v) is 5.52. The van der Waals surface area contributed by atoms with E-state index >= 15 is 0 Å². The standard InChI is InChI=1S/C18H16N2O/c1-12(21)13-5-4-6-14(9-13)18-16-8-3-2-7-15(16)17-10-19-11-20(17)18/h2-12,18,21H,1H3/t12?,18-/m0/s1. The molecule has 1 unspecified atom stereocenters. The first-order valence-electron chi connectivity index (χ1n) is 7.15. The van der Waals surface area contributed by atoms with Gasteiger partial charge in [0.05, 0.1) is 30.4 Å². The maximum absolute atomic E-state index is 9.82. The van der Waals surface area contributed by atoms with Crippen molar-refractivity contribution in [1.29, 1.82) is 0 Å². The molecule has 3 heteroatoms. The first-order chi connectivity index (χ1) is 10.3. The van der Waals surface area contributed by atoms with E-state index in [1.807, 2.05) is 24.7 Å². The van der Waals surface area contributed by atoms with E-state index < -0.39 is 6.10 Å². The molecule has 2 aromatic carbocycles. The molecule has 3 nitrogen and oxygen atoms in total. The van der Waals surface area contributed by atoms with Crippen LogP contribution in [-0.2, 0) is 0 Å². The van der Waals surface area contributed by atoms with E-state index in [-0.39, 0.29) is 6.04 Å². The summed E-state index contributed by atoms with van der Waals surface area (Å²) in [6.45, 7) is 1.80. The van der Waals surface area contributed by atoms with Crippen LogP contribution in [0.15, 0.2) is 61.1 Å². The summed E-state index contributed by atoms with van der Waals surface area (Å²) in [4.78, 5) is 4.29. The Labute approximate surface area is 123 Å². The van der Waals surface area contributed by atoms with Crippen molar-refractivity contribution in [2.24, 2.45) is 0 Å². The Hall–Kier alpha value is -2.39. The smallest absolute Gasteiger partial charge is 0.0959 e. The fourth-order valence-electron chi connectivity index (χ4n) is 3.17. The van der Waals surface area contributed by atoms with Crippen molar-refractivity contribution in [2.45, 2.75) is 19.1 Å². The lowest BCUT2D eigenvalue weighted by Crippen LogP contribution is -2.07. The molecule has 0 spiro atoms. The van der Waals surface area contributed by atoms with E-state index in [0.29, 0.717) is 0 Å². The van der Waals surface area contributed by atoms with Gasteiger partial charge in [0.25, 0.3) is 0 Å². The zero-order valence-electron chi connectivity index (χ0n) is 11.8. The van der Waals surface area contributed by atoms with Gasteiger partial charge in [-0.25, -0.2) is 4.98 Å². The van der Waals surface area contributed by atoms with Crippen LogP contribution in [0.25, 0.3) is 11.3 Å². The van der Waals surface area contributed by atoms with Crippen molar-refractivity contribution >= 4 is 0 Å². The second-order valence-electron chi connectivity index (χ2n) is 5.52. The quantitative estimate of drug-likeness (QED) is 0.608. The molecule has 1 N–H and O–H groups in total. The van der Waals surface area contributed by atoms with Crippen molar-refractivity contribution in [3.05, 3.63) is 77.7 Å². The fraction of sp³-hybridized carbons (Fsp3) is 0.167. The van der Waals surface area contributed by atoms with Gasteiger partial charge in [-0.05, 0) is 23.6 Å². The maximum atomic E-state index is 9.82. The van der Waals surface area contributed by atoms with Crippen LogP contribution in [0.1, 0.15) is 35.8 Å². The average Bonchev–Trinajstić information content (AvgIpc) is 3.07. The second kappa shape index (κ2) is 4.57. The van der Waals surface area contributed by atoms with Crippen LogP contribution in [0.2, 0.25) is 0 Å². The number of rotatable bonds is 2. The Balaban J connectivity index is 1.91. The summed E-state index contributed by atoms with van der Waals surface area (Å²) in [7, 11) is 0. The van der Waals surface area contributed by atoms with Crippen molar-refractivity contribution in [3.8, 4) is 11.3 Å². The lowest BCUT2D eigenvalue weighted by atomic mass is 9.95. The lowest BCUT2D eigenvalue weighted by Gasteiger charge is -2.17. The molecular formula is C18H16N2O. The topological polar surface area (TPSA) is 38.1 Å². The van der Waals surface area contributed by atoms with Crippen LogP contribution in [0.4, 0.5) is 0 Å². The molecule has 104 valence electrons. The Morgan fingerprint density at radius 2 is 2.00 bits per heavy atom. The molecule has 2 atom stereocenters. The molecule has 0 aliphatic carbocycles. The summed E-state index contributed by atoms with van der Waals surface area (Å²) >= 11 is 0. The first kappa shape index (κ1) is 12.4.